The van der Waals surface area contributed by atoms with Crippen LogP contribution in [0.25, 0.3) is 38.6 Å². The molecule has 0 saturated carbocycles. The Morgan fingerprint density at radius 2 is 1.04 bits per heavy atom. The van der Waals surface area contributed by atoms with E-state index in [1.165, 1.54) is 21.9 Å². The fourth-order valence-electron chi connectivity index (χ4n) is 7.81. The van der Waals surface area contributed by atoms with Crippen LogP contribution in [0, 0.1) is 0 Å². The summed E-state index contributed by atoms with van der Waals surface area (Å²) < 4.78 is 20.6. The van der Waals surface area contributed by atoms with Gasteiger partial charge in [0.25, 0.3) is 0 Å². The van der Waals surface area contributed by atoms with Gasteiger partial charge in [-0.2, -0.15) is 0 Å². The van der Waals surface area contributed by atoms with E-state index in [-0.39, 0.29) is 5.41 Å². The minimum atomic E-state index is -3.38. The minimum Gasteiger partial charge on any atom is -0.309 e. The Kier molecular flexibility index (Phi) is 6.76. The molecule has 236 valence electrons. The van der Waals surface area contributed by atoms with Crippen molar-refractivity contribution in [1.82, 2.24) is 4.57 Å². The highest BCUT2D eigenvalue weighted by molar-refractivity contribution is 7.80. The molecule has 0 amide bonds. The number of nitrogens with zero attached hydrogens (tertiary/aromatic N) is 2. The van der Waals surface area contributed by atoms with Gasteiger partial charge in [-0.1, -0.05) is 123 Å². The highest BCUT2D eigenvalue weighted by Crippen LogP contribution is 2.61. The van der Waals surface area contributed by atoms with Gasteiger partial charge >= 0.3 is 0 Å². The SMILES string of the molecule is CC1(C)c2ccccc2N(P(=O)(c2ccccc2)c2ccccc2)c2ccc(-n3c4ccccc4c4cc(-c5ccccc5)ccc43)cc21. The molecule has 2 heterocycles. The summed E-state index contributed by atoms with van der Waals surface area (Å²) in [6.07, 6.45) is 0. The second-order valence-electron chi connectivity index (χ2n) is 13.4. The van der Waals surface area contributed by atoms with Crippen LogP contribution in [0.1, 0.15) is 25.0 Å². The molecule has 0 saturated heterocycles. The van der Waals surface area contributed by atoms with Gasteiger partial charge in [0.1, 0.15) is 0 Å². The summed E-state index contributed by atoms with van der Waals surface area (Å²) in [6.45, 7) is 4.58. The number of anilines is 2. The zero-order valence-electron chi connectivity index (χ0n) is 27.5. The van der Waals surface area contributed by atoms with Crippen molar-refractivity contribution in [3.05, 3.63) is 187 Å². The summed E-state index contributed by atoms with van der Waals surface area (Å²) in [5, 5.41) is 4.06. The van der Waals surface area contributed by atoms with Crippen LogP contribution in [0.15, 0.2) is 176 Å². The van der Waals surface area contributed by atoms with Crippen LogP contribution >= 0.6 is 7.29 Å². The van der Waals surface area contributed by atoms with Gasteiger partial charge in [0.05, 0.1) is 22.4 Å². The molecule has 9 rings (SSSR count). The summed E-state index contributed by atoms with van der Waals surface area (Å²) in [5.41, 5.74) is 9.70. The lowest BCUT2D eigenvalue weighted by Gasteiger charge is -2.45. The van der Waals surface area contributed by atoms with Crippen LogP contribution in [-0.2, 0) is 9.98 Å². The molecule has 0 unspecified atom stereocenters. The molecular weight excluding hydrogens is 615 g/mol. The second kappa shape index (κ2) is 11.2. The predicted molar refractivity (Wildman–Crippen MR) is 207 cm³/mol. The van der Waals surface area contributed by atoms with Crippen molar-refractivity contribution in [2.45, 2.75) is 19.3 Å². The molecule has 1 aromatic heterocycles. The molecule has 8 aromatic rings. The highest BCUT2D eigenvalue weighted by atomic mass is 31.2. The number of fused-ring (bicyclic) bond motifs is 5. The predicted octanol–water partition coefficient (Wildman–Crippen LogP) is 11.2. The first-order chi connectivity index (χ1) is 24.0. The lowest BCUT2D eigenvalue weighted by Crippen LogP contribution is -2.36. The van der Waals surface area contributed by atoms with Crippen molar-refractivity contribution in [1.29, 1.82) is 0 Å². The van der Waals surface area contributed by atoms with Gasteiger partial charge in [-0.3, -0.25) is 9.24 Å². The molecule has 4 heteroatoms. The van der Waals surface area contributed by atoms with Gasteiger partial charge in [0, 0.05) is 32.5 Å². The maximum absolute atomic E-state index is 16.0. The van der Waals surface area contributed by atoms with Crippen LogP contribution < -0.4 is 15.3 Å². The molecule has 0 fully saturated rings. The first-order valence-corrected chi connectivity index (χ1v) is 18.5. The van der Waals surface area contributed by atoms with E-state index < -0.39 is 7.29 Å². The largest absolute Gasteiger partial charge is 0.309 e. The molecule has 1 aliphatic heterocycles. The average molecular weight is 651 g/mol. The molecule has 0 bridgehead atoms. The summed E-state index contributed by atoms with van der Waals surface area (Å²) in [5.74, 6) is 0. The number of para-hydroxylation sites is 2. The zero-order chi connectivity index (χ0) is 33.2. The van der Waals surface area contributed by atoms with Gasteiger partial charge in [-0.05, 0) is 89.0 Å². The van der Waals surface area contributed by atoms with Crippen molar-refractivity contribution in [2.75, 3.05) is 4.67 Å². The van der Waals surface area contributed by atoms with E-state index >= 15 is 4.57 Å². The van der Waals surface area contributed by atoms with Crippen molar-refractivity contribution >= 4 is 51.1 Å². The normalized spacial score (nSPS) is 13.7. The molecule has 0 spiro atoms. The van der Waals surface area contributed by atoms with E-state index in [0.29, 0.717) is 0 Å². The van der Waals surface area contributed by atoms with Crippen LogP contribution in [0.3, 0.4) is 0 Å². The van der Waals surface area contributed by atoms with Gasteiger partial charge in [0.2, 0.25) is 7.29 Å². The minimum absolute atomic E-state index is 0.351. The van der Waals surface area contributed by atoms with Gasteiger partial charge in [0.15, 0.2) is 0 Å². The maximum atomic E-state index is 16.0. The van der Waals surface area contributed by atoms with Gasteiger partial charge in [-0.15, -0.1) is 0 Å². The number of hydrogen-bond donors (Lipinski definition) is 0. The Hall–Kier alpha value is -5.63. The molecule has 0 N–H and O–H groups in total. The molecule has 49 heavy (non-hydrogen) atoms. The highest BCUT2D eigenvalue weighted by Gasteiger charge is 2.45. The van der Waals surface area contributed by atoms with Crippen molar-refractivity contribution < 1.29 is 4.57 Å². The monoisotopic (exact) mass is 650 g/mol. The molecule has 7 aromatic carbocycles. The topological polar surface area (TPSA) is 25.2 Å². The number of aromatic nitrogens is 1. The first kappa shape index (κ1) is 29.5. The maximum Gasteiger partial charge on any atom is 0.234 e. The fourth-order valence-corrected chi connectivity index (χ4v) is 10.7. The van der Waals surface area contributed by atoms with E-state index in [1.54, 1.807) is 0 Å². The third kappa shape index (κ3) is 4.46. The van der Waals surface area contributed by atoms with Crippen LogP contribution in [0.4, 0.5) is 11.4 Å². The molecule has 3 nitrogen and oxygen atoms in total. The summed E-state index contributed by atoms with van der Waals surface area (Å²) in [4.78, 5) is 0. The lowest BCUT2D eigenvalue weighted by atomic mass is 9.74. The van der Waals surface area contributed by atoms with Crippen LogP contribution in [-0.4, -0.2) is 4.57 Å². The van der Waals surface area contributed by atoms with Crippen LogP contribution in [0.5, 0.6) is 0 Å². The standard InChI is InChI=1S/C45H35N2OP/c1-45(2)39-23-13-15-25-43(39)47(49(48,35-18-8-4-9-19-35)36-20-10-5-11-21-36)44-29-27-34(31-40(44)45)46-41-24-14-12-22-37(41)38-30-33(26-28-42(38)46)32-16-6-3-7-17-32/h3-31H,1-2H3. The Balaban J connectivity index is 1.31. The Morgan fingerprint density at radius 3 is 1.76 bits per heavy atom. The van der Waals surface area contributed by atoms with E-state index in [2.05, 4.69) is 138 Å². The molecule has 0 radical (unpaired) electrons. The molecule has 0 aliphatic carbocycles. The third-order valence-electron chi connectivity index (χ3n) is 10.2. The van der Waals surface area contributed by atoms with Gasteiger partial charge in [-0.25, -0.2) is 0 Å². The summed E-state index contributed by atoms with van der Waals surface area (Å²) in [7, 11) is -3.38. The average Bonchev–Trinajstić information content (AvgIpc) is 3.49. The molecular formula is C45H35N2OP. The van der Waals surface area contributed by atoms with E-state index in [0.717, 1.165) is 49.8 Å². The molecule has 1 aliphatic rings. The third-order valence-corrected chi connectivity index (χ3v) is 13.2. The smallest absolute Gasteiger partial charge is 0.234 e. The quantitative estimate of drug-likeness (QED) is 0.173. The summed E-state index contributed by atoms with van der Waals surface area (Å²) in [6, 6.07) is 61.2. The number of hydrogen-bond acceptors (Lipinski definition) is 1. The van der Waals surface area contributed by atoms with E-state index in [4.69, 9.17) is 0 Å². The van der Waals surface area contributed by atoms with Gasteiger partial charge < -0.3 is 4.57 Å². The zero-order valence-corrected chi connectivity index (χ0v) is 28.4. The lowest BCUT2D eigenvalue weighted by molar-refractivity contribution is 0.584. The van der Waals surface area contributed by atoms with Crippen molar-refractivity contribution in [2.24, 2.45) is 0 Å². The Bertz CT molecular complexity index is 2510. The summed E-state index contributed by atoms with van der Waals surface area (Å²) >= 11 is 0. The fraction of sp³-hybridized carbons (Fsp3) is 0.0667. The Labute approximate surface area is 287 Å². The van der Waals surface area contributed by atoms with Crippen LogP contribution in [0.2, 0.25) is 0 Å². The molecule has 0 atom stereocenters. The first-order valence-electron chi connectivity index (χ1n) is 16.8. The van der Waals surface area contributed by atoms with E-state index in [1.807, 2.05) is 60.7 Å². The van der Waals surface area contributed by atoms with E-state index in [9.17, 15) is 0 Å². The number of benzene rings is 7. The van der Waals surface area contributed by atoms with Crippen molar-refractivity contribution in [3.8, 4) is 16.8 Å². The number of rotatable bonds is 5. The second-order valence-corrected chi connectivity index (χ2v) is 15.9. The van der Waals surface area contributed by atoms with Crippen molar-refractivity contribution in [3.63, 3.8) is 0 Å². The Morgan fingerprint density at radius 1 is 0.469 bits per heavy atom.